The van der Waals surface area contributed by atoms with Crippen molar-refractivity contribution in [1.82, 2.24) is 10.2 Å². The van der Waals surface area contributed by atoms with Crippen molar-refractivity contribution in [2.75, 3.05) is 33.0 Å². The molecule has 0 aromatic rings. The zero-order valence-corrected chi connectivity index (χ0v) is 3.45. The molecule has 1 rings (SSSR count). The Labute approximate surface area is 60.0 Å². The van der Waals surface area contributed by atoms with E-state index in [4.69, 9.17) is 15.1 Å². The molecule has 0 radical (unpaired) electrons. The molecule has 0 spiro atoms. The molecule has 1 fully saturated rings. The fraction of sp³-hybridized carbons (Fsp3) is 1.00. The van der Waals surface area contributed by atoms with Crippen LogP contribution >= 0.6 is 0 Å². The van der Waals surface area contributed by atoms with Crippen molar-refractivity contribution in [3.63, 3.8) is 0 Å². The van der Waals surface area contributed by atoms with Crippen LogP contribution in [0.1, 0.15) is 15.1 Å². The zero-order valence-electron chi connectivity index (χ0n) is 14.4. The molecule has 1 N–H and O–H groups in total. The number of nitrogens with zero attached hydrogens (tertiary/aromatic N) is 1. The van der Waals surface area contributed by atoms with Crippen LogP contribution < -0.4 is 5.32 Å². The maximum absolute atomic E-state index is 7.46. The summed E-state index contributed by atoms with van der Waals surface area (Å²) in [6.07, 6.45) is 0. The van der Waals surface area contributed by atoms with Gasteiger partial charge >= 0.3 is 0 Å². The van der Waals surface area contributed by atoms with Gasteiger partial charge in [-0.25, -0.2) is 0 Å². The highest BCUT2D eigenvalue weighted by molar-refractivity contribution is 4.62. The van der Waals surface area contributed by atoms with Crippen LogP contribution in [-0.4, -0.2) is 37.9 Å². The summed E-state index contributed by atoms with van der Waals surface area (Å²) in [6.45, 7) is -16.0. The van der Waals surface area contributed by atoms with Crippen LogP contribution in [0.3, 0.4) is 0 Å². The number of nitrogens with one attached hydrogen (secondary N) is 1. The first-order chi connectivity index (χ1) is 7.57. The molecule has 2 nitrogen and oxygen atoms in total. The number of piperazine rings is 1. The molecular weight excluding hydrogens is 88.1 g/mol. The Morgan fingerprint density at radius 3 is 3.00 bits per heavy atom. The Balaban J connectivity index is 3.48. The summed E-state index contributed by atoms with van der Waals surface area (Å²) < 4.78 is 80.6. The molecular formula is C5H12N2. The smallest absolute Gasteiger partial charge is 0.0444 e. The fourth-order valence-corrected chi connectivity index (χ4v) is 0.227. The minimum absolute atomic E-state index is 0.385. The van der Waals surface area contributed by atoms with Gasteiger partial charge in [0.05, 0.1) is 0 Å². The Morgan fingerprint density at radius 2 is 2.43 bits per heavy atom. The van der Waals surface area contributed by atoms with Gasteiger partial charge in [0, 0.05) is 41.1 Å². The standard InChI is InChI=1S/C5H12N2/c1-7-4-2-6-3-5-7/h6H,2-5H2,1H3/i1D3,2D2,3D2,4D2,5D2. The Hall–Kier alpha value is -0.0800. The Morgan fingerprint density at radius 1 is 1.71 bits per heavy atom. The fourth-order valence-electron chi connectivity index (χ4n) is 0.227. The number of rotatable bonds is 0. The second-order valence-electron chi connectivity index (χ2n) is 0.934. The molecule has 0 unspecified atom stereocenters. The molecule has 0 aliphatic carbocycles. The van der Waals surface area contributed by atoms with Gasteiger partial charge in [-0.05, 0) is 6.98 Å². The Bertz CT molecular complexity index is 318. The summed E-state index contributed by atoms with van der Waals surface area (Å²) in [7, 11) is 0. The summed E-state index contributed by atoms with van der Waals surface area (Å²) in [6, 6.07) is 0. The highest BCUT2D eigenvalue weighted by Crippen LogP contribution is 1.82. The van der Waals surface area contributed by atoms with Gasteiger partial charge in [0.1, 0.15) is 0 Å². The van der Waals surface area contributed by atoms with E-state index in [0.717, 1.165) is 0 Å². The largest absolute Gasteiger partial charge is 0.314 e. The molecule has 0 aromatic heterocycles. The average molecular weight is 111 g/mol. The van der Waals surface area contributed by atoms with Gasteiger partial charge in [-0.1, -0.05) is 0 Å². The van der Waals surface area contributed by atoms with Gasteiger partial charge in [0.15, 0.2) is 0 Å². The van der Waals surface area contributed by atoms with Crippen LogP contribution in [-0.2, 0) is 0 Å². The SMILES string of the molecule is [2H]C([2H])([2H])N1C([2H])([2H])C([2H])([2H])NC([2H])([2H])C1([2H])[2H]. The third-order valence-corrected chi connectivity index (χ3v) is 0.460. The first-order valence-electron chi connectivity index (χ1n) is 7.17. The van der Waals surface area contributed by atoms with E-state index >= 15 is 0 Å². The lowest BCUT2D eigenvalue weighted by atomic mass is 10.4. The van der Waals surface area contributed by atoms with Crippen LogP contribution in [0, 0.1) is 0 Å². The first-order valence-corrected chi connectivity index (χ1v) is 1.67. The lowest BCUT2D eigenvalue weighted by Gasteiger charge is -2.21. The van der Waals surface area contributed by atoms with Gasteiger partial charge in [0.25, 0.3) is 0 Å². The van der Waals surface area contributed by atoms with Crippen molar-refractivity contribution in [2.24, 2.45) is 0 Å². The summed E-state index contributed by atoms with van der Waals surface area (Å²) >= 11 is 0. The lowest BCUT2D eigenvalue weighted by Crippen LogP contribution is -2.40. The van der Waals surface area contributed by atoms with Crippen molar-refractivity contribution in [1.29, 1.82) is 0 Å². The van der Waals surface area contributed by atoms with Crippen LogP contribution in [0.2, 0.25) is 0 Å². The minimum Gasteiger partial charge on any atom is -0.314 e. The van der Waals surface area contributed by atoms with Crippen LogP contribution in [0.5, 0.6) is 0 Å². The summed E-state index contributed by atoms with van der Waals surface area (Å²) in [5.41, 5.74) is 0. The van der Waals surface area contributed by atoms with Gasteiger partial charge in [-0.3, -0.25) is 0 Å². The third-order valence-electron chi connectivity index (χ3n) is 0.460. The molecule has 42 valence electrons. The second-order valence-corrected chi connectivity index (χ2v) is 0.934. The van der Waals surface area contributed by atoms with E-state index in [2.05, 4.69) is 0 Å². The van der Waals surface area contributed by atoms with Gasteiger partial charge in [0.2, 0.25) is 0 Å². The second kappa shape index (κ2) is 2.28. The minimum atomic E-state index is -3.34. The van der Waals surface area contributed by atoms with E-state index in [1.165, 1.54) is 5.32 Å². The lowest BCUT2D eigenvalue weighted by molar-refractivity contribution is 0.291. The molecule has 0 bridgehead atoms. The molecule has 7 heavy (non-hydrogen) atoms. The van der Waals surface area contributed by atoms with E-state index in [1.54, 1.807) is 0 Å². The summed E-state index contributed by atoms with van der Waals surface area (Å²) in [5, 5.41) is 1.54. The normalized spacial score (nSPS) is 79.1. The predicted octanol–water partition coefficient (Wildman–Crippen LogP) is -0.479. The van der Waals surface area contributed by atoms with Gasteiger partial charge < -0.3 is 10.2 Å². The predicted molar refractivity (Wildman–Crippen MR) is 30.4 cm³/mol. The summed E-state index contributed by atoms with van der Waals surface area (Å²) in [5.74, 6) is 0. The average Bonchev–Trinajstić information content (AvgIpc) is 1.93. The van der Waals surface area contributed by atoms with Crippen LogP contribution in [0.25, 0.3) is 0 Å². The number of hydrogen-bond donors (Lipinski definition) is 1. The Kier molecular flexibility index (Phi) is 0.246. The van der Waals surface area contributed by atoms with Crippen molar-refractivity contribution in [2.45, 2.75) is 0 Å². The summed E-state index contributed by atoms with van der Waals surface area (Å²) in [4.78, 5) is -0.385. The van der Waals surface area contributed by atoms with Crippen LogP contribution in [0.15, 0.2) is 0 Å². The van der Waals surface area contributed by atoms with Crippen molar-refractivity contribution in [3.8, 4) is 0 Å². The monoisotopic (exact) mass is 111 g/mol. The third kappa shape index (κ3) is 1.45. The van der Waals surface area contributed by atoms with Crippen molar-refractivity contribution in [3.05, 3.63) is 0 Å². The number of hydrogen-bond acceptors (Lipinski definition) is 2. The van der Waals surface area contributed by atoms with Crippen molar-refractivity contribution >= 4 is 0 Å². The van der Waals surface area contributed by atoms with Gasteiger partial charge in [-0.15, -0.1) is 0 Å². The maximum Gasteiger partial charge on any atom is 0.0444 e. The van der Waals surface area contributed by atoms with E-state index in [0.29, 0.717) is 0 Å². The quantitative estimate of drug-likeness (QED) is 0.454. The maximum atomic E-state index is 7.46. The van der Waals surface area contributed by atoms with E-state index < -0.39 is 33.0 Å². The van der Waals surface area contributed by atoms with Crippen LogP contribution in [0.4, 0.5) is 0 Å². The molecule has 1 aliphatic rings. The molecule has 0 aromatic carbocycles. The molecule has 1 heterocycles. The van der Waals surface area contributed by atoms with E-state index in [-0.39, 0.29) is 4.90 Å². The number of likely N-dealkylation sites (N-methyl/N-ethyl adjacent to an activating group) is 1. The molecule has 0 saturated carbocycles. The van der Waals surface area contributed by atoms with Crippen molar-refractivity contribution < 1.29 is 15.1 Å². The molecule has 0 atom stereocenters. The molecule has 1 saturated heterocycles. The zero-order chi connectivity index (χ0) is 14.8. The molecule has 0 amide bonds. The highest BCUT2D eigenvalue weighted by atomic mass is 15.2. The van der Waals surface area contributed by atoms with Gasteiger partial charge in [-0.2, -0.15) is 0 Å². The molecule has 1 aliphatic heterocycles. The molecule has 2 heteroatoms. The van der Waals surface area contributed by atoms with E-state index in [9.17, 15) is 0 Å². The van der Waals surface area contributed by atoms with E-state index in [1.807, 2.05) is 0 Å². The highest BCUT2D eigenvalue weighted by Gasteiger charge is 2.01. The topological polar surface area (TPSA) is 15.3 Å². The first kappa shape index (κ1) is 0.755.